The van der Waals surface area contributed by atoms with Crippen LogP contribution in [0.5, 0.6) is 0 Å². The average Bonchev–Trinajstić information content (AvgIpc) is 3.55. The van der Waals surface area contributed by atoms with E-state index in [9.17, 15) is 4.39 Å². The molecule has 6 aromatic heterocycles. The maximum Gasteiger partial charge on any atom is 0.176 e. The predicted octanol–water partition coefficient (Wildman–Crippen LogP) is 6.25. The third-order valence-corrected chi connectivity index (χ3v) is 6.48. The number of rotatable bonds is 5. The Morgan fingerprint density at radius 2 is 1.82 bits per heavy atom. The third-order valence-electron chi connectivity index (χ3n) is 5.57. The molecule has 0 aromatic carbocycles. The molecular formula is C25H20FN7S. The van der Waals surface area contributed by atoms with Crippen LogP contribution in [0, 0.1) is 5.13 Å². The SMILES string of the molecule is CC(C)Nc1cncc(-c2cnc3[nH]nc(-c4cc5c(-c6ccc(F)s6)ccnc5[nH]4)c3c2)c1. The molecule has 3 N–H and O–H groups in total. The number of nitrogens with one attached hydrogen (secondary N) is 3. The smallest absolute Gasteiger partial charge is 0.176 e. The van der Waals surface area contributed by atoms with Gasteiger partial charge in [-0.15, -0.1) is 11.3 Å². The molecule has 6 heterocycles. The van der Waals surface area contributed by atoms with Crippen LogP contribution in [0.3, 0.4) is 0 Å². The van der Waals surface area contributed by atoms with E-state index in [1.165, 1.54) is 6.07 Å². The molecule has 0 aliphatic heterocycles. The molecule has 168 valence electrons. The zero-order chi connectivity index (χ0) is 23.2. The standard InChI is InChI=1S/C25H20FN7S/c1-13(2)30-16-7-14(10-27-12-16)15-8-19-23(32-33-25(19)29-11-15)20-9-18-17(5-6-28-24(18)31-20)21-3-4-22(26)34-21/h3-13,30H,1-2H3,(H,28,31)(H,29,32,33). The minimum Gasteiger partial charge on any atom is -0.382 e. The topological polar surface area (TPSA) is 95.2 Å². The summed E-state index contributed by atoms with van der Waals surface area (Å²) in [7, 11) is 0. The fraction of sp³-hybridized carbons (Fsp3) is 0.120. The Labute approximate surface area is 198 Å². The summed E-state index contributed by atoms with van der Waals surface area (Å²) in [6.07, 6.45) is 7.18. The third kappa shape index (κ3) is 3.60. The van der Waals surface area contributed by atoms with E-state index in [1.807, 2.05) is 30.7 Å². The van der Waals surface area contributed by atoms with Crippen LogP contribution >= 0.6 is 11.3 Å². The van der Waals surface area contributed by atoms with Gasteiger partial charge in [-0.05, 0) is 50.2 Å². The minimum atomic E-state index is -0.213. The molecular weight excluding hydrogens is 449 g/mol. The average molecular weight is 470 g/mol. The van der Waals surface area contributed by atoms with Crippen LogP contribution in [0.2, 0.25) is 0 Å². The number of aromatic nitrogens is 6. The Kier molecular flexibility index (Phi) is 4.84. The van der Waals surface area contributed by atoms with Gasteiger partial charge in [-0.2, -0.15) is 9.49 Å². The molecule has 0 spiro atoms. The summed E-state index contributed by atoms with van der Waals surface area (Å²) in [5.41, 5.74) is 6.76. The zero-order valence-corrected chi connectivity index (χ0v) is 19.2. The highest BCUT2D eigenvalue weighted by molar-refractivity contribution is 7.14. The summed E-state index contributed by atoms with van der Waals surface area (Å²) in [4.78, 5) is 17.6. The molecule has 6 rings (SSSR count). The number of anilines is 1. The highest BCUT2D eigenvalue weighted by atomic mass is 32.1. The van der Waals surface area contributed by atoms with Crippen molar-refractivity contribution in [3.05, 3.63) is 66.3 Å². The molecule has 0 atom stereocenters. The van der Waals surface area contributed by atoms with Crippen molar-refractivity contribution < 1.29 is 4.39 Å². The number of halogens is 1. The zero-order valence-electron chi connectivity index (χ0n) is 18.4. The lowest BCUT2D eigenvalue weighted by molar-refractivity contribution is 0.657. The summed E-state index contributed by atoms with van der Waals surface area (Å²) < 4.78 is 13.6. The van der Waals surface area contributed by atoms with Gasteiger partial charge in [0.15, 0.2) is 10.8 Å². The van der Waals surface area contributed by atoms with E-state index in [0.717, 1.165) is 66.4 Å². The number of pyridine rings is 3. The Morgan fingerprint density at radius 3 is 2.65 bits per heavy atom. The summed E-state index contributed by atoms with van der Waals surface area (Å²) >= 11 is 1.12. The summed E-state index contributed by atoms with van der Waals surface area (Å²) in [6, 6.07) is 11.6. The van der Waals surface area contributed by atoms with Gasteiger partial charge in [0.05, 0.1) is 11.4 Å². The van der Waals surface area contributed by atoms with Crippen LogP contribution in [0.4, 0.5) is 10.1 Å². The van der Waals surface area contributed by atoms with Gasteiger partial charge in [-0.3, -0.25) is 10.1 Å². The molecule has 0 aliphatic carbocycles. The molecule has 9 heteroatoms. The van der Waals surface area contributed by atoms with Crippen molar-refractivity contribution in [2.24, 2.45) is 0 Å². The van der Waals surface area contributed by atoms with Crippen LogP contribution in [0.15, 0.2) is 61.2 Å². The maximum atomic E-state index is 13.6. The van der Waals surface area contributed by atoms with Crippen molar-refractivity contribution in [2.75, 3.05) is 5.32 Å². The lowest BCUT2D eigenvalue weighted by Gasteiger charge is -2.10. The fourth-order valence-corrected chi connectivity index (χ4v) is 4.88. The molecule has 0 amide bonds. The number of H-pyrrole nitrogens is 2. The molecule has 0 radical (unpaired) electrons. The first-order valence-corrected chi connectivity index (χ1v) is 11.7. The molecule has 0 fully saturated rings. The molecule has 0 aliphatic rings. The van der Waals surface area contributed by atoms with Crippen molar-refractivity contribution >= 4 is 39.1 Å². The van der Waals surface area contributed by atoms with Gasteiger partial charge in [0.1, 0.15) is 11.3 Å². The monoisotopic (exact) mass is 469 g/mol. The van der Waals surface area contributed by atoms with Crippen molar-refractivity contribution in [3.63, 3.8) is 0 Å². The first kappa shape index (κ1) is 20.5. The fourth-order valence-electron chi connectivity index (χ4n) is 4.11. The van der Waals surface area contributed by atoms with Crippen LogP contribution in [0.1, 0.15) is 13.8 Å². The summed E-state index contributed by atoms with van der Waals surface area (Å²) in [5.74, 6) is 0. The molecule has 7 nitrogen and oxygen atoms in total. The number of fused-ring (bicyclic) bond motifs is 2. The molecule has 0 bridgehead atoms. The Balaban J connectivity index is 1.45. The predicted molar refractivity (Wildman–Crippen MR) is 134 cm³/mol. The first-order chi connectivity index (χ1) is 16.5. The summed E-state index contributed by atoms with van der Waals surface area (Å²) in [6.45, 7) is 4.18. The van der Waals surface area contributed by atoms with Gasteiger partial charge < -0.3 is 10.3 Å². The van der Waals surface area contributed by atoms with Crippen LogP contribution < -0.4 is 5.32 Å². The Hall–Kier alpha value is -4.11. The van der Waals surface area contributed by atoms with E-state index >= 15 is 0 Å². The second kappa shape index (κ2) is 8.03. The molecule has 34 heavy (non-hydrogen) atoms. The van der Waals surface area contributed by atoms with Gasteiger partial charge in [-0.25, -0.2) is 9.97 Å². The molecule has 0 saturated carbocycles. The van der Waals surface area contributed by atoms with Gasteiger partial charge in [0.25, 0.3) is 0 Å². The highest BCUT2D eigenvalue weighted by Gasteiger charge is 2.16. The van der Waals surface area contributed by atoms with Crippen molar-refractivity contribution in [1.82, 2.24) is 30.1 Å². The molecule has 0 unspecified atom stereocenters. The highest BCUT2D eigenvalue weighted by Crippen LogP contribution is 2.36. The molecule has 6 aromatic rings. The Morgan fingerprint density at radius 1 is 0.941 bits per heavy atom. The number of nitrogens with zero attached hydrogens (tertiary/aromatic N) is 4. The van der Waals surface area contributed by atoms with Gasteiger partial charge in [0, 0.05) is 63.2 Å². The summed E-state index contributed by atoms with van der Waals surface area (Å²) in [5, 5.41) is 12.5. The number of aromatic amines is 2. The van der Waals surface area contributed by atoms with E-state index < -0.39 is 0 Å². The van der Waals surface area contributed by atoms with E-state index in [2.05, 4.69) is 61.4 Å². The van der Waals surface area contributed by atoms with Crippen LogP contribution in [-0.2, 0) is 0 Å². The number of hydrogen-bond acceptors (Lipinski definition) is 6. The quantitative estimate of drug-likeness (QED) is 0.277. The first-order valence-electron chi connectivity index (χ1n) is 10.8. The Bertz CT molecular complexity index is 1650. The van der Waals surface area contributed by atoms with Gasteiger partial charge in [0.2, 0.25) is 0 Å². The lowest BCUT2D eigenvalue weighted by atomic mass is 10.1. The second-order valence-corrected chi connectivity index (χ2v) is 9.40. The van der Waals surface area contributed by atoms with E-state index in [0.29, 0.717) is 11.7 Å². The number of hydrogen-bond donors (Lipinski definition) is 3. The van der Waals surface area contributed by atoms with Crippen molar-refractivity contribution in [2.45, 2.75) is 19.9 Å². The molecule has 0 saturated heterocycles. The minimum absolute atomic E-state index is 0.213. The van der Waals surface area contributed by atoms with Crippen LogP contribution in [0.25, 0.3) is 55.0 Å². The van der Waals surface area contributed by atoms with E-state index in [1.54, 1.807) is 12.3 Å². The van der Waals surface area contributed by atoms with Gasteiger partial charge >= 0.3 is 0 Å². The lowest BCUT2D eigenvalue weighted by Crippen LogP contribution is -2.09. The van der Waals surface area contributed by atoms with E-state index in [-0.39, 0.29) is 5.13 Å². The normalized spacial score (nSPS) is 11.6. The van der Waals surface area contributed by atoms with Gasteiger partial charge in [-0.1, -0.05) is 0 Å². The second-order valence-electron chi connectivity index (χ2n) is 8.36. The maximum absolute atomic E-state index is 13.6. The van der Waals surface area contributed by atoms with Crippen molar-refractivity contribution in [1.29, 1.82) is 0 Å². The van der Waals surface area contributed by atoms with Crippen molar-refractivity contribution in [3.8, 4) is 33.0 Å². The van der Waals surface area contributed by atoms with E-state index in [4.69, 9.17) is 0 Å². The largest absolute Gasteiger partial charge is 0.382 e. The van der Waals surface area contributed by atoms with Crippen LogP contribution in [-0.4, -0.2) is 36.2 Å². The number of thiophene rings is 1.